The number of carbonyl (C=O) groups excluding carboxylic acids is 1. The van der Waals surface area contributed by atoms with E-state index in [2.05, 4.69) is 9.64 Å². The second-order valence-corrected chi connectivity index (χ2v) is 9.99. The number of benzene rings is 1. The predicted octanol–water partition coefficient (Wildman–Crippen LogP) is 3.48. The number of ether oxygens (including phenoxy) is 3. The molecule has 1 heterocycles. The molecule has 1 aromatic heterocycles. The molecule has 10 heteroatoms. The summed E-state index contributed by atoms with van der Waals surface area (Å²) in [5, 5.41) is 1.92. The molecule has 0 fully saturated rings. The molecule has 0 aliphatic heterocycles. The molecule has 0 saturated heterocycles. The number of hydrogen-bond donors (Lipinski definition) is 0. The Morgan fingerprint density at radius 2 is 1.82 bits per heavy atom. The van der Waals surface area contributed by atoms with Crippen molar-refractivity contribution in [3.63, 3.8) is 0 Å². The molecule has 0 spiro atoms. The van der Waals surface area contributed by atoms with E-state index >= 15 is 0 Å². The summed E-state index contributed by atoms with van der Waals surface area (Å²) >= 11 is 1.50. The molecule has 1 aromatic carbocycles. The minimum Gasteiger partial charge on any atom is -0.493 e. The largest absolute Gasteiger partial charge is 0.493 e. The maximum Gasteiger partial charge on any atom is 0.330 e. The highest BCUT2D eigenvalue weighted by molar-refractivity contribution is 7.89. The first kappa shape index (κ1) is 26.8. The van der Waals surface area contributed by atoms with Gasteiger partial charge in [-0.15, -0.1) is 11.3 Å². The van der Waals surface area contributed by atoms with Gasteiger partial charge in [-0.1, -0.05) is 19.9 Å². The van der Waals surface area contributed by atoms with Crippen LogP contribution in [0.4, 0.5) is 0 Å². The van der Waals surface area contributed by atoms with Gasteiger partial charge < -0.3 is 19.1 Å². The molecule has 0 aliphatic rings. The van der Waals surface area contributed by atoms with Gasteiger partial charge in [-0.25, -0.2) is 13.2 Å². The van der Waals surface area contributed by atoms with Crippen molar-refractivity contribution in [3.8, 4) is 11.5 Å². The monoisotopic (exact) mass is 496 g/mol. The third kappa shape index (κ3) is 7.04. The fourth-order valence-corrected chi connectivity index (χ4v) is 5.68. The van der Waals surface area contributed by atoms with Gasteiger partial charge in [-0.2, -0.15) is 4.31 Å². The van der Waals surface area contributed by atoms with E-state index in [1.54, 1.807) is 6.07 Å². The fourth-order valence-electron chi connectivity index (χ4n) is 3.26. The van der Waals surface area contributed by atoms with E-state index in [4.69, 9.17) is 9.47 Å². The number of sulfonamides is 1. The maximum absolute atomic E-state index is 13.9. The number of thiophene rings is 1. The third-order valence-corrected chi connectivity index (χ3v) is 7.88. The van der Waals surface area contributed by atoms with Crippen LogP contribution in [0.5, 0.6) is 11.5 Å². The quantitative estimate of drug-likeness (QED) is 0.310. The number of carbonyl (C=O) groups is 1. The van der Waals surface area contributed by atoms with Gasteiger partial charge in [0.25, 0.3) is 0 Å². The molecule has 0 atom stereocenters. The lowest BCUT2D eigenvalue weighted by Gasteiger charge is -2.26. The fraction of sp³-hybridized carbons (Fsp3) is 0.435. The van der Waals surface area contributed by atoms with E-state index in [-0.39, 0.29) is 22.9 Å². The SMILES string of the molecule is CCN(CC)CCN(Cc1cccs1)S(=O)(=O)c1cc(/C=C/C(=O)OC)cc(OC)c1OC. The summed E-state index contributed by atoms with van der Waals surface area (Å²) in [6.07, 6.45) is 2.70. The highest BCUT2D eigenvalue weighted by Gasteiger charge is 2.30. The van der Waals surface area contributed by atoms with Crippen LogP contribution in [-0.2, 0) is 26.1 Å². The summed E-state index contributed by atoms with van der Waals surface area (Å²) in [6, 6.07) is 6.90. The van der Waals surface area contributed by atoms with Gasteiger partial charge in [0.1, 0.15) is 4.90 Å². The summed E-state index contributed by atoms with van der Waals surface area (Å²) in [6.45, 7) is 6.91. The smallest absolute Gasteiger partial charge is 0.330 e. The second kappa shape index (κ2) is 12.7. The molecule has 0 N–H and O–H groups in total. The van der Waals surface area contributed by atoms with Crippen molar-refractivity contribution < 1.29 is 27.4 Å². The number of esters is 1. The zero-order chi connectivity index (χ0) is 24.4. The lowest BCUT2D eigenvalue weighted by molar-refractivity contribution is -0.134. The van der Waals surface area contributed by atoms with Crippen LogP contribution >= 0.6 is 11.3 Å². The molecule has 0 aliphatic carbocycles. The zero-order valence-electron chi connectivity index (χ0n) is 19.7. The molecular weight excluding hydrogens is 464 g/mol. The summed E-state index contributed by atoms with van der Waals surface area (Å²) in [4.78, 5) is 14.6. The van der Waals surface area contributed by atoms with Crippen LogP contribution in [0.2, 0.25) is 0 Å². The highest BCUT2D eigenvalue weighted by Crippen LogP contribution is 2.38. The van der Waals surface area contributed by atoms with E-state index in [0.717, 1.165) is 18.0 Å². The molecule has 33 heavy (non-hydrogen) atoms. The average molecular weight is 497 g/mol. The van der Waals surface area contributed by atoms with Crippen LogP contribution in [0.1, 0.15) is 24.3 Å². The van der Waals surface area contributed by atoms with Gasteiger partial charge in [0.05, 0.1) is 21.3 Å². The molecule has 182 valence electrons. The topological polar surface area (TPSA) is 85.4 Å². The van der Waals surface area contributed by atoms with Crippen LogP contribution in [0.25, 0.3) is 6.08 Å². The number of nitrogens with zero attached hydrogens (tertiary/aromatic N) is 2. The van der Waals surface area contributed by atoms with E-state index in [0.29, 0.717) is 18.7 Å². The van der Waals surface area contributed by atoms with Crippen LogP contribution < -0.4 is 9.47 Å². The lowest BCUT2D eigenvalue weighted by Crippen LogP contribution is -2.38. The van der Waals surface area contributed by atoms with E-state index < -0.39 is 16.0 Å². The van der Waals surface area contributed by atoms with Crippen LogP contribution in [0.3, 0.4) is 0 Å². The third-order valence-electron chi connectivity index (χ3n) is 5.17. The molecule has 0 unspecified atom stereocenters. The minimum atomic E-state index is -3.97. The maximum atomic E-state index is 13.9. The number of methoxy groups -OCH3 is 3. The molecule has 0 bridgehead atoms. The Bertz CT molecular complexity index is 1030. The number of hydrogen-bond acceptors (Lipinski definition) is 8. The number of likely N-dealkylation sites (N-methyl/N-ethyl adjacent to an activating group) is 1. The standard InChI is InChI=1S/C23H32N2O6S2/c1-6-24(7-2)12-13-25(17-19-9-8-14-32-19)33(27,28)21-16-18(10-11-22(26)30-4)15-20(29-3)23(21)31-5/h8-11,14-16H,6-7,12-13,17H2,1-5H3/b11-10+. The normalized spacial score (nSPS) is 12.0. The summed E-state index contributed by atoms with van der Waals surface area (Å²) in [7, 11) is 0.140. The Hall–Kier alpha value is -2.40. The van der Waals surface area contributed by atoms with Gasteiger partial charge in [-0.3, -0.25) is 0 Å². The summed E-state index contributed by atoms with van der Waals surface area (Å²) in [5.74, 6) is -0.178. The van der Waals surface area contributed by atoms with E-state index in [1.165, 1.54) is 55.2 Å². The second-order valence-electron chi connectivity index (χ2n) is 7.06. The Labute approximate surface area is 200 Å². The molecule has 0 saturated carbocycles. The van der Waals surface area contributed by atoms with Crippen LogP contribution in [0.15, 0.2) is 40.6 Å². The Balaban J connectivity index is 2.56. The molecule has 0 amide bonds. The van der Waals surface area contributed by atoms with Crippen molar-refractivity contribution in [1.29, 1.82) is 0 Å². The molecule has 0 radical (unpaired) electrons. The first-order chi connectivity index (χ1) is 15.8. The van der Waals surface area contributed by atoms with Gasteiger partial charge >= 0.3 is 5.97 Å². The van der Waals surface area contributed by atoms with Crippen molar-refractivity contribution in [3.05, 3.63) is 46.2 Å². The average Bonchev–Trinajstić information content (AvgIpc) is 3.34. The molecule has 8 nitrogen and oxygen atoms in total. The molecular formula is C23H32N2O6S2. The van der Waals surface area contributed by atoms with Crippen LogP contribution in [-0.4, -0.2) is 71.1 Å². The summed E-state index contributed by atoms with van der Waals surface area (Å²) in [5.41, 5.74) is 0.469. The van der Waals surface area contributed by atoms with E-state index in [9.17, 15) is 13.2 Å². The predicted molar refractivity (Wildman–Crippen MR) is 130 cm³/mol. The van der Waals surface area contributed by atoms with Crippen molar-refractivity contribution in [2.45, 2.75) is 25.3 Å². The Morgan fingerprint density at radius 1 is 1.09 bits per heavy atom. The van der Waals surface area contributed by atoms with Crippen LogP contribution in [0, 0.1) is 0 Å². The Kier molecular flexibility index (Phi) is 10.4. The van der Waals surface area contributed by atoms with Gasteiger partial charge in [0.2, 0.25) is 10.0 Å². The summed E-state index contributed by atoms with van der Waals surface area (Å²) < 4.78 is 44.8. The first-order valence-electron chi connectivity index (χ1n) is 10.6. The minimum absolute atomic E-state index is 0.0232. The molecule has 2 aromatic rings. The van der Waals surface area contributed by atoms with Crippen molar-refractivity contribution in [2.75, 3.05) is 47.5 Å². The number of rotatable bonds is 13. The van der Waals surface area contributed by atoms with Gasteiger partial charge in [0.15, 0.2) is 11.5 Å². The van der Waals surface area contributed by atoms with Crippen molar-refractivity contribution in [2.24, 2.45) is 0 Å². The van der Waals surface area contributed by atoms with E-state index in [1.807, 2.05) is 31.4 Å². The molecule has 2 rings (SSSR count). The van der Waals surface area contributed by atoms with Crippen molar-refractivity contribution in [1.82, 2.24) is 9.21 Å². The Morgan fingerprint density at radius 3 is 2.36 bits per heavy atom. The van der Waals surface area contributed by atoms with Crippen molar-refractivity contribution >= 4 is 33.4 Å². The highest BCUT2D eigenvalue weighted by atomic mass is 32.2. The first-order valence-corrected chi connectivity index (χ1v) is 12.9. The zero-order valence-corrected chi connectivity index (χ0v) is 21.4. The lowest BCUT2D eigenvalue weighted by atomic mass is 10.2. The van der Waals surface area contributed by atoms with Gasteiger partial charge in [0, 0.05) is 30.6 Å². The van der Waals surface area contributed by atoms with Gasteiger partial charge in [-0.05, 0) is 48.3 Å².